The molecular weight excluding hydrogens is 393 g/mol. The molecule has 0 spiro atoms. The van der Waals surface area contributed by atoms with Gasteiger partial charge in [0.25, 0.3) is 5.91 Å². The Kier molecular flexibility index (Phi) is 4.71. The normalized spacial score (nSPS) is 11.3. The van der Waals surface area contributed by atoms with Crippen LogP contribution in [0, 0.1) is 5.82 Å². The molecule has 0 unspecified atom stereocenters. The summed E-state index contributed by atoms with van der Waals surface area (Å²) in [4.78, 5) is 21.9. The predicted molar refractivity (Wildman–Crippen MR) is 118 cm³/mol. The zero-order valence-corrected chi connectivity index (χ0v) is 16.9. The zero-order chi connectivity index (χ0) is 21.4. The summed E-state index contributed by atoms with van der Waals surface area (Å²) >= 11 is 0. The number of fused-ring (bicyclic) bond motifs is 3. The van der Waals surface area contributed by atoms with Crippen LogP contribution in [-0.2, 0) is 13.5 Å². The number of para-hydroxylation sites is 1. The summed E-state index contributed by atoms with van der Waals surface area (Å²) in [5.41, 5.74) is 4.16. The van der Waals surface area contributed by atoms with Crippen LogP contribution in [0.2, 0.25) is 0 Å². The van der Waals surface area contributed by atoms with E-state index in [2.05, 4.69) is 19.9 Å². The van der Waals surface area contributed by atoms with Crippen molar-refractivity contribution < 1.29 is 9.18 Å². The van der Waals surface area contributed by atoms with Crippen molar-refractivity contribution in [3.05, 3.63) is 90.1 Å². The molecule has 31 heavy (non-hydrogen) atoms. The van der Waals surface area contributed by atoms with E-state index in [1.807, 2.05) is 43.4 Å². The topological polar surface area (TPSA) is 64.7 Å². The summed E-state index contributed by atoms with van der Waals surface area (Å²) in [5.74, 6) is -0.0784. The third kappa shape index (κ3) is 3.34. The van der Waals surface area contributed by atoms with Crippen LogP contribution in [0.5, 0.6) is 0 Å². The number of benzene rings is 2. The van der Waals surface area contributed by atoms with Crippen LogP contribution in [0.15, 0.2) is 73.1 Å². The SMILES string of the molecule is Cn1c2ccccc2c2c1cc(C(=O)NCCc1cccc(F)c1)n2-c1ncccn1. The van der Waals surface area contributed by atoms with E-state index in [-0.39, 0.29) is 11.7 Å². The van der Waals surface area contributed by atoms with Gasteiger partial charge in [-0.05, 0) is 42.3 Å². The highest BCUT2D eigenvalue weighted by Crippen LogP contribution is 2.32. The molecule has 1 N–H and O–H groups in total. The standard InChI is InChI=1S/C24H20FN5O/c1-29-19-9-3-2-8-18(19)22-20(29)15-21(30(22)24-27-11-5-12-28-24)23(31)26-13-10-16-6-4-7-17(25)14-16/h2-9,11-12,14-15H,10,13H2,1H3,(H,26,31). The molecule has 0 fully saturated rings. The number of halogens is 1. The second kappa shape index (κ2) is 7.68. The second-order valence-electron chi connectivity index (χ2n) is 7.36. The third-order valence-electron chi connectivity index (χ3n) is 5.44. The van der Waals surface area contributed by atoms with Crippen LogP contribution in [0.4, 0.5) is 4.39 Å². The number of carbonyl (C=O) groups excluding carboxylic acids is 1. The molecule has 1 amide bonds. The Hall–Kier alpha value is -4.00. The molecule has 5 aromatic rings. The van der Waals surface area contributed by atoms with Crippen molar-refractivity contribution in [2.24, 2.45) is 7.05 Å². The first kappa shape index (κ1) is 19.0. The largest absolute Gasteiger partial charge is 0.350 e. The molecule has 0 radical (unpaired) electrons. The molecule has 0 bridgehead atoms. The molecule has 2 aromatic carbocycles. The van der Waals surface area contributed by atoms with Crippen LogP contribution in [0.3, 0.4) is 0 Å². The molecule has 0 atom stereocenters. The number of nitrogens with zero attached hydrogens (tertiary/aromatic N) is 4. The van der Waals surface area contributed by atoms with Crippen LogP contribution in [-0.4, -0.2) is 31.6 Å². The number of amides is 1. The first-order valence-electron chi connectivity index (χ1n) is 10.0. The van der Waals surface area contributed by atoms with Gasteiger partial charge in [-0.3, -0.25) is 9.36 Å². The van der Waals surface area contributed by atoms with E-state index in [1.165, 1.54) is 12.1 Å². The van der Waals surface area contributed by atoms with Crippen LogP contribution in [0.1, 0.15) is 16.1 Å². The number of nitrogens with one attached hydrogen (secondary N) is 1. The maximum absolute atomic E-state index is 13.4. The van der Waals surface area contributed by atoms with Crippen molar-refractivity contribution in [3.8, 4) is 5.95 Å². The minimum absolute atomic E-state index is 0.232. The van der Waals surface area contributed by atoms with Gasteiger partial charge in [0.2, 0.25) is 5.95 Å². The van der Waals surface area contributed by atoms with Gasteiger partial charge < -0.3 is 9.88 Å². The maximum Gasteiger partial charge on any atom is 0.268 e. The summed E-state index contributed by atoms with van der Waals surface area (Å²) < 4.78 is 17.3. The summed E-state index contributed by atoms with van der Waals surface area (Å²) in [7, 11) is 1.98. The minimum atomic E-state index is -0.281. The van der Waals surface area contributed by atoms with Crippen LogP contribution in [0.25, 0.3) is 27.9 Å². The molecule has 0 saturated carbocycles. The molecule has 0 aliphatic carbocycles. The highest BCUT2D eigenvalue weighted by atomic mass is 19.1. The smallest absolute Gasteiger partial charge is 0.268 e. The van der Waals surface area contributed by atoms with E-state index in [1.54, 1.807) is 29.1 Å². The van der Waals surface area contributed by atoms with E-state index >= 15 is 0 Å². The van der Waals surface area contributed by atoms with Gasteiger partial charge in [-0.25, -0.2) is 14.4 Å². The summed E-state index contributed by atoms with van der Waals surface area (Å²) in [6.45, 7) is 0.389. The lowest BCUT2D eigenvalue weighted by Gasteiger charge is -2.10. The monoisotopic (exact) mass is 413 g/mol. The van der Waals surface area contributed by atoms with Crippen molar-refractivity contribution in [1.82, 2.24) is 24.4 Å². The van der Waals surface area contributed by atoms with E-state index in [0.717, 1.165) is 27.5 Å². The fraction of sp³-hybridized carbons (Fsp3) is 0.125. The minimum Gasteiger partial charge on any atom is -0.350 e. The summed E-state index contributed by atoms with van der Waals surface area (Å²) in [6.07, 6.45) is 3.85. The lowest BCUT2D eigenvalue weighted by Crippen LogP contribution is -2.28. The van der Waals surface area contributed by atoms with Crippen molar-refractivity contribution in [2.75, 3.05) is 6.54 Å². The van der Waals surface area contributed by atoms with Gasteiger partial charge in [-0.2, -0.15) is 0 Å². The number of aromatic nitrogens is 4. The Balaban J connectivity index is 1.55. The Labute approximate surface area is 178 Å². The van der Waals surface area contributed by atoms with E-state index in [4.69, 9.17) is 0 Å². The average Bonchev–Trinajstić information content (AvgIpc) is 3.31. The predicted octanol–water partition coefficient (Wildman–Crippen LogP) is 4.02. The molecule has 0 saturated heterocycles. The van der Waals surface area contributed by atoms with Crippen LogP contribution >= 0.6 is 0 Å². The number of hydrogen-bond acceptors (Lipinski definition) is 3. The van der Waals surface area contributed by atoms with E-state index < -0.39 is 0 Å². The summed E-state index contributed by atoms with van der Waals surface area (Å²) in [6, 6.07) is 18.0. The van der Waals surface area contributed by atoms with Gasteiger partial charge in [0.05, 0.1) is 16.6 Å². The summed E-state index contributed by atoms with van der Waals surface area (Å²) in [5, 5.41) is 3.97. The second-order valence-corrected chi connectivity index (χ2v) is 7.36. The number of rotatable bonds is 5. The lowest BCUT2D eigenvalue weighted by atomic mass is 10.1. The molecule has 5 rings (SSSR count). The van der Waals surface area contributed by atoms with Gasteiger partial charge in [-0.1, -0.05) is 30.3 Å². The average molecular weight is 413 g/mol. The fourth-order valence-corrected chi connectivity index (χ4v) is 3.99. The van der Waals surface area contributed by atoms with Crippen molar-refractivity contribution >= 4 is 27.8 Å². The maximum atomic E-state index is 13.4. The van der Waals surface area contributed by atoms with Gasteiger partial charge in [-0.15, -0.1) is 0 Å². The Morgan fingerprint density at radius 2 is 1.81 bits per heavy atom. The van der Waals surface area contributed by atoms with Crippen molar-refractivity contribution in [2.45, 2.75) is 6.42 Å². The Morgan fingerprint density at radius 3 is 2.61 bits per heavy atom. The molecule has 3 heterocycles. The van der Waals surface area contributed by atoms with Crippen molar-refractivity contribution in [3.63, 3.8) is 0 Å². The molecule has 0 aliphatic heterocycles. The van der Waals surface area contributed by atoms with Crippen molar-refractivity contribution in [1.29, 1.82) is 0 Å². The lowest BCUT2D eigenvalue weighted by molar-refractivity contribution is 0.0947. The molecular formula is C24H20FN5O. The molecule has 0 aliphatic rings. The third-order valence-corrected chi connectivity index (χ3v) is 5.44. The number of hydrogen-bond donors (Lipinski definition) is 1. The van der Waals surface area contributed by atoms with Gasteiger partial charge >= 0.3 is 0 Å². The Morgan fingerprint density at radius 1 is 1.00 bits per heavy atom. The van der Waals surface area contributed by atoms with E-state index in [0.29, 0.717) is 24.6 Å². The first-order chi connectivity index (χ1) is 15.1. The van der Waals surface area contributed by atoms with Gasteiger partial charge in [0, 0.05) is 31.4 Å². The first-order valence-corrected chi connectivity index (χ1v) is 10.0. The van der Waals surface area contributed by atoms with E-state index in [9.17, 15) is 9.18 Å². The zero-order valence-electron chi connectivity index (χ0n) is 16.9. The van der Waals surface area contributed by atoms with Gasteiger partial charge in [0.15, 0.2) is 0 Å². The highest BCUT2D eigenvalue weighted by molar-refractivity contribution is 6.10. The highest BCUT2D eigenvalue weighted by Gasteiger charge is 2.22. The molecule has 3 aromatic heterocycles. The fourth-order valence-electron chi connectivity index (χ4n) is 3.99. The Bertz CT molecular complexity index is 1400. The number of aryl methyl sites for hydroxylation is 1. The van der Waals surface area contributed by atoms with Crippen LogP contribution < -0.4 is 5.32 Å². The molecule has 6 nitrogen and oxygen atoms in total. The number of carbonyl (C=O) groups is 1. The quantitative estimate of drug-likeness (QED) is 0.473. The molecule has 7 heteroatoms. The van der Waals surface area contributed by atoms with Gasteiger partial charge in [0.1, 0.15) is 11.5 Å². The molecule has 154 valence electrons.